The molecule has 0 heterocycles. The van der Waals surface area contributed by atoms with Crippen LogP contribution in [0.4, 0.5) is 5.69 Å². The van der Waals surface area contributed by atoms with E-state index in [-0.39, 0.29) is 27.2 Å². The fourth-order valence-corrected chi connectivity index (χ4v) is 2.23. The Bertz CT molecular complexity index is 511. The van der Waals surface area contributed by atoms with Crippen LogP contribution < -0.4 is 0 Å². The Labute approximate surface area is 125 Å². The normalized spacial score (nSPS) is 10.3. The molecule has 0 saturated carbocycles. The Kier molecular flexibility index (Phi) is 5.90. The number of benzene rings is 1. The number of carbonyl (C=O) groups excluding carboxylic acids is 1. The number of non-ortho nitro benzene ring substituents is 1. The van der Waals surface area contributed by atoms with Crippen molar-refractivity contribution < 1.29 is 9.72 Å². The zero-order valence-electron chi connectivity index (χ0n) is 10.4. The van der Waals surface area contributed by atoms with Gasteiger partial charge in [0.2, 0.25) is 0 Å². The molecule has 1 aromatic carbocycles. The van der Waals surface area contributed by atoms with Crippen molar-refractivity contribution in [2.24, 2.45) is 0 Å². The molecule has 0 aromatic heterocycles. The second-order valence-electron chi connectivity index (χ2n) is 3.77. The Morgan fingerprint density at radius 1 is 1.47 bits per heavy atom. The summed E-state index contributed by atoms with van der Waals surface area (Å²) < 4.78 is 0. The zero-order valence-corrected chi connectivity index (χ0v) is 12.7. The van der Waals surface area contributed by atoms with Crippen LogP contribution in [0, 0.1) is 10.1 Å². The molecule has 5 nitrogen and oxygen atoms in total. The Morgan fingerprint density at radius 2 is 2.11 bits per heavy atom. The van der Waals surface area contributed by atoms with Gasteiger partial charge in [0, 0.05) is 31.5 Å². The summed E-state index contributed by atoms with van der Waals surface area (Å²) in [6, 6.07) is 2.27. The number of carbonyl (C=O) groups is 1. The average Bonchev–Trinajstić information content (AvgIpc) is 2.37. The highest BCUT2D eigenvalue weighted by atomic mass is 35.5. The second kappa shape index (κ2) is 6.98. The van der Waals surface area contributed by atoms with Gasteiger partial charge in [-0.2, -0.15) is 11.8 Å². The van der Waals surface area contributed by atoms with Crippen LogP contribution in [-0.4, -0.2) is 41.3 Å². The van der Waals surface area contributed by atoms with Crippen molar-refractivity contribution in [3.63, 3.8) is 0 Å². The fourth-order valence-electron chi connectivity index (χ4n) is 1.37. The van der Waals surface area contributed by atoms with Gasteiger partial charge < -0.3 is 4.90 Å². The second-order valence-corrected chi connectivity index (χ2v) is 5.54. The maximum absolute atomic E-state index is 12.1. The van der Waals surface area contributed by atoms with Gasteiger partial charge in [0.05, 0.1) is 20.5 Å². The summed E-state index contributed by atoms with van der Waals surface area (Å²) in [6.45, 7) is 0.524. The Hall–Kier alpha value is -0.980. The molecule has 19 heavy (non-hydrogen) atoms. The lowest BCUT2D eigenvalue weighted by Crippen LogP contribution is -2.29. The summed E-state index contributed by atoms with van der Waals surface area (Å²) in [5.74, 6) is 0.382. The summed E-state index contributed by atoms with van der Waals surface area (Å²) in [4.78, 5) is 23.8. The van der Waals surface area contributed by atoms with Crippen LogP contribution in [0.25, 0.3) is 0 Å². The SMILES string of the molecule is CSCCN(C)C(=O)c1cc([N+](=O)[O-])cc(Cl)c1Cl. The summed E-state index contributed by atoms with van der Waals surface area (Å²) in [7, 11) is 1.61. The molecule has 0 unspecified atom stereocenters. The molecule has 104 valence electrons. The van der Waals surface area contributed by atoms with Crippen LogP contribution in [0.15, 0.2) is 12.1 Å². The standard InChI is InChI=1S/C11H12Cl2N2O3S/c1-14(3-4-19-2)11(16)8-5-7(15(17)18)6-9(12)10(8)13/h5-6H,3-4H2,1-2H3. The van der Waals surface area contributed by atoms with E-state index < -0.39 is 4.92 Å². The maximum atomic E-state index is 12.1. The molecule has 0 aliphatic heterocycles. The summed E-state index contributed by atoms with van der Waals surface area (Å²) in [5.41, 5.74) is -0.208. The molecule has 0 radical (unpaired) electrons. The summed E-state index contributed by atoms with van der Waals surface area (Å²) >= 11 is 13.3. The predicted molar refractivity (Wildman–Crippen MR) is 78.5 cm³/mol. The minimum Gasteiger partial charge on any atom is -0.341 e. The Morgan fingerprint density at radius 3 is 2.63 bits per heavy atom. The molecule has 0 fully saturated rings. The van der Waals surface area contributed by atoms with Gasteiger partial charge in [-0.15, -0.1) is 0 Å². The van der Waals surface area contributed by atoms with E-state index in [1.807, 2.05) is 6.26 Å². The minimum absolute atomic E-state index is 0.00233. The van der Waals surface area contributed by atoms with Crippen LogP contribution in [0.2, 0.25) is 10.0 Å². The molecule has 1 amide bonds. The van der Waals surface area contributed by atoms with E-state index in [0.29, 0.717) is 6.54 Å². The van der Waals surface area contributed by atoms with Gasteiger partial charge in [-0.25, -0.2) is 0 Å². The highest BCUT2D eigenvalue weighted by Crippen LogP contribution is 2.31. The van der Waals surface area contributed by atoms with Gasteiger partial charge in [0.1, 0.15) is 0 Å². The number of hydrogen-bond donors (Lipinski definition) is 0. The lowest BCUT2D eigenvalue weighted by Gasteiger charge is -2.17. The molecule has 0 spiro atoms. The molecule has 1 aromatic rings. The first-order valence-electron chi connectivity index (χ1n) is 5.26. The number of nitro benzene ring substituents is 1. The molecule has 0 N–H and O–H groups in total. The van der Waals surface area contributed by atoms with E-state index in [2.05, 4.69) is 0 Å². The highest BCUT2D eigenvalue weighted by molar-refractivity contribution is 7.98. The van der Waals surface area contributed by atoms with Gasteiger partial charge in [-0.1, -0.05) is 23.2 Å². The quantitative estimate of drug-likeness (QED) is 0.616. The highest BCUT2D eigenvalue weighted by Gasteiger charge is 2.21. The molecular formula is C11H12Cl2N2O3S. The van der Waals surface area contributed by atoms with Crippen molar-refractivity contribution in [3.05, 3.63) is 37.9 Å². The third kappa shape index (κ3) is 3.99. The summed E-state index contributed by atoms with van der Waals surface area (Å²) in [6.07, 6.45) is 1.93. The Balaban J connectivity index is 3.11. The van der Waals surface area contributed by atoms with Gasteiger partial charge in [0.15, 0.2) is 0 Å². The third-order valence-corrected chi connectivity index (χ3v) is 3.82. The largest absolute Gasteiger partial charge is 0.341 e. The van der Waals surface area contributed by atoms with Crippen molar-refractivity contribution in [2.45, 2.75) is 0 Å². The first kappa shape index (κ1) is 16.1. The van der Waals surface area contributed by atoms with Gasteiger partial charge in [0.25, 0.3) is 11.6 Å². The third-order valence-electron chi connectivity index (χ3n) is 2.43. The van der Waals surface area contributed by atoms with Gasteiger partial charge >= 0.3 is 0 Å². The average molecular weight is 323 g/mol. The van der Waals surface area contributed by atoms with E-state index in [9.17, 15) is 14.9 Å². The smallest absolute Gasteiger partial charge is 0.271 e. The number of rotatable bonds is 5. The number of nitrogens with zero attached hydrogens (tertiary/aromatic N) is 2. The molecule has 0 aliphatic carbocycles. The molecule has 0 atom stereocenters. The topological polar surface area (TPSA) is 63.5 Å². The maximum Gasteiger partial charge on any atom is 0.271 e. The van der Waals surface area contributed by atoms with Crippen molar-refractivity contribution >= 4 is 46.6 Å². The van der Waals surface area contributed by atoms with Crippen LogP contribution in [-0.2, 0) is 0 Å². The zero-order chi connectivity index (χ0) is 14.6. The van der Waals surface area contributed by atoms with E-state index in [4.69, 9.17) is 23.2 Å². The van der Waals surface area contributed by atoms with Gasteiger partial charge in [-0.3, -0.25) is 14.9 Å². The molecule has 8 heteroatoms. The monoisotopic (exact) mass is 322 g/mol. The predicted octanol–water partition coefficient (Wildman–Crippen LogP) is 3.34. The van der Waals surface area contributed by atoms with Crippen LogP contribution in [0.3, 0.4) is 0 Å². The van der Waals surface area contributed by atoms with Crippen molar-refractivity contribution in [1.82, 2.24) is 4.90 Å². The minimum atomic E-state index is -0.610. The number of nitro groups is 1. The molecule has 0 saturated heterocycles. The lowest BCUT2D eigenvalue weighted by molar-refractivity contribution is -0.384. The van der Waals surface area contributed by atoms with E-state index in [0.717, 1.165) is 17.9 Å². The first-order chi connectivity index (χ1) is 8.88. The van der Waals surface area contributed by atoms with Crippen LogP contribution in [0.5, 0.6) is 0 Å². The van der Waals surface area contributed by atoms with Gasteiger partial charge in [-0.05, 0) is 6.26 Å². The number of halogens is 2. The lowest BCUT2D eigenvalue weighted by atomic mass is 10.1. The number of amides is 1. The van der Waals surface area contributed by atoms with Crippen molar-refractivity contribution in [2.75, 3.05) is 25.6 Å². The van der Waals surface area contributed by atoms with E-state index in [1.54, 1.807) is 18.8 Å². The molecule has 0 bridgehead atoms. The van der Waals surface area contributed by atoms with E-state index in [1.165, 1.54) is 4.90 Å². The fraction of sp³-hybridized carbons (Fsp3) is 0.364. The number of thioether (sulfide) groups is 1. The summed E-state index contributed by atoms with van der Waals surface area (Å²) in [5, 5.41) is 10.8. The molecular weight excluding hydrogens is 311 g/mol. The van der Waals surface area contributed by atoms with Crippen molar-refractivity contribution in [1.29, 1.82) is 0 Å². The van der Waals surface area contributed by atoms with Crippen LogP contribution in [0.1, 0.15) is 10.4 Å². The van der Waals surface area contributed by atoms with Crippen LogP contribution >= 0.6 is 35.0 Å². The molecule has 0 aliphatic rings. The van der Waals surface area contributed by atoms with Crippen molar-refractivity contribution in [3.8, 4) is 0 Å². The molecule has 1 rings (SSSR count). The first-order valence-corrected chi connectivity index (χ1v) is 7.41. The number of hydrogen-bond acceptors (Lipinski definition) is 4. The van der Waals surface area contributed by atoms with E-state index >= 15 is 0 Å².